The van der Waals surface area contributed by atoms with Crippen molar-refractivity contribution in [1.29, 1.82) is 0 Å². The lowest BCUT2D eigenvalue weighted by Gasteiger charge is -2.20. The molecule has 2 heterocycles. The van der Waals surface area contributed by atoms with Gasteiger partial charge in [0.25, 0.3) is 0 Å². The van der Waals surface area contributed by atoms with E-state index in [1.807, 2.05) is 30.3 Å². The van der Waals surface area contributed by atoms with Crippen molar-refractivity contribution >= 4 is 0 Å². The Bertz CT molecular complexity index is 880. The van der Waals surface area contributed by atoms with Crippen LogP contribution in [-0.2, 0) is 6.42 Å². The number of hydrogen-bond acceptors (Lipinski definition) is 6. The van der Waals surface area contributed by atoms with Crippen molar-refractivity contribution in [1.82, 2.24) is 15.0 Å². The average molecular weight is 379 g/mol. The lowest BCUT2D eigenvalue weighted by Crippen LogP contribution is -2.26. The fraction of sp³-hybridized carbons (Fsp3) is 0.364. The van der Waals surface area contributed by atoms with Gasteiger partial charge in [-0.05, 0) is 55.6 Å². The van der Waals surface area contributed by atoms with Gasteiger partial charge in [0, 0.05) is 12.1 Å². The maximum Gasteiger partial charge on any atom is 0.244 e. The number of methoxy groups -OCH3 is 1. The second-order valence-electron chi connectivity index (χ2n) is 7.17. The molecule has 0 saturated carbocycles. The van der Waals surface area contributed by atoms with E-state index in [0.717, 1.165) is 30.7 Å². The molecule has 146 valence electrons. The molecule has 0 radical (unpaired) electrons. The second kappa shape index (κ2) is 8.54. The van der Waals surface area contributed by atoms with Crippen LogP contribution >= 0.6 is 0 Å². The number of β-amino-alcohol motifs (C(OH)–C–C–N with tert-alkyl or cyclic N) is 1. The first kappa shape index (κ1) is 18.7. The standard InChI is InChI=1S/C22H25N3O3/c1-27-19-11-9-17(10-12-19)21-23-22(28-24-21)20-14-18(26)15-25(20)13-5-8-16-6-3-2-4-7-16/h2-4,6-7,9-12,18,20,26H,5,8,13-15H2,1H3/t18-,20+/m1/s1. The predicted molar refractivity (Wildman–Crippen MR) is 106 cm³/mol. The van der Waals surface area contributed by atoms with Crippen molar-refractivity contribution in [3.8, 4) is 17.1 Å². The summed E-state index contributed by atoms with van der Waals surface area (Å²) in [7, 11) is 1.64. The van der Waals surface area contributed by atoms with E-state index in [4.69, 9.17) is 9.26 Å². The number of likely N-dealkylation sites (tertiary alicyclic amines) is 1. The van der Waals surface area contributed by atoms with Gasteiger partial charge in [-0.15, -0.1) is 0 Å². The fourth-order valence-electron chi connectivity index (χ4n) is 3.74. The summed E-state index contributed by atoms with van der Waals surface area (Å²) in [6.45, 7) is 1.52. The second-order valence-corrected chi connectivity index (χ2v) is 7.17. The summed E-state index contributed by atoms with van der Waals surface area (Å²) < 4.78 is 10.7. The molecule has 2 atom stereocenters. The molecule has 6 nitrogen and oxygen atoms in total. The van der Waals surface area contributed by atoms with Gasteiger partial charge in [-0.25, -0.2) is 0 Å². The Hall–Kier alpha value is -2.70. The van der Waals surface area contributed by atoms with E-state index in [-0.39, 0.29) is 12.1 Å². The zero-order valence-corrected chi connectivity index (χ0v) is 16.0. The lowest BCUT2D eigenvalue weighted by molar-refractivity contribution is 0.172. The topological polar surface area (TPSA) is 71.6 Å². The highest BCUT2D eigenvalue weighted by atomic mass is 16.5. The van der Waals surface area contributed by atoms with Crippen molar-refractivity contribution < 1.29 is 14.4 Å². The summed E-state index contributed by atoms with van der Waals surface area (Å²) in [5, 5.41) is 14.3. The molecule has 0 unspecified atom stereocenters. The summed E-state index contributed by atoms with van der Waals surface area (Å²) in [4.78, 5) is 6.85. The van der Waals surface area contributed by atoms with Crippen molar-refractivity contribution in [2.24, 2.45) is 0 Å². The van der Waals surface area contributed by atoms with Gasteiger partial charge < -0.3 is 14.4 Å². The Morgan fingerprint density at radius 1 is 1.14 bits per heavy atom. The first-order valence-electron chi connectivity index (χ1n) is 9.67. The number of aliphatic hydroxyl groups is 1. The molecule has 1 N–H and O–H groups in total. The van der Waals surface area contributed by atoms with Crippen molar-refractivity contribution in [2.75, 3.05) is 20.2 Å². The molecule has 3 aromatic rings. The normalized spacial score (nSPS) is 19.8. The molecule has 0 amide bonds. The highest BCUT2D eigenvalue weighted by Gasteiger charge is 2.35. The number of aryl methyl sites for hydroxylation is 1. The number of rotatable bonds is 7. The van der Waals surface area contributed by atoms with Gasteiger partial charge in [0.15, 0.2) is 0 Å². The number of nitrogens with zero attached hydrogens (tertiary/aromatic N) is 3. The molecular formula is C22H25N3O3. The molecule has 1 aliphatic heterocycles. The molecule has 0 aliphatic carbocycles. The zero-order valence-electron chi connectivity index (χ0n) is 16.0. The SMILES string of the molecule is COc1ccc(-c2noc([C@@H]3C[C@@H](O)CN3CCCc3ccccc3)n2)cc1. The molecule has 2 aromatic carbocycles. The molecule has 1 saturated heterocycles. The smallest absolute Gasteiger partial charge is 0.244 e. The van der Waals surface area contributed by atoms with Crippen LogP contribution in [0.25, 0.3) is 11.4 Å². The monoisotopic (exact) mass is 379 g/mol. The maximum absolute atomic E-state index is 10.2. The Morgan fingerprint density at radius 2 is 1.93 bits per heavy atom. The van der Waals surface area contributed by atoms with Crippen LogP contribution in [0, 0.1) is 0 Å². The van der Waals surface area contributed by atoms with Crippen LogP contribution in [0.15, 0.2) is 59.1 Å². The van der Waals surface area contributed by atoms with Crippen molar-refractivity contribution in [3.05, 3.63) is 66.1 Å². The largest absolute Gasteiger partial charge is 0.497 e. The van der Waals surface area contributed by atoms with Gasteiger partial charge in [-0.3, -0.25) is 4.90 Å². The number of benzene rings is 2. The van der Waals surface area contributed by atoms with Crippen LogP contribution in [0.3, 0.4) is 0 Å². The molecule has 0 bridgehead atoms. The first-order valence-corrected chi connectivity index (χ1v) is 9.67. The van der Waals surface area contributed by atoms with E-state index in [9.17, 15) is 5.11 Å². The average Bonchev–Trinajstić information content (AvgIpc) is 3.36. The predicted octanol–water partition coefficient (Wildman–Crippen LogP) is 3.49. The Morgan fingerprint density at radius 3 is 2.68 bits per heavy atom. The van der Waals surface area contributed by atoms with Gasteiger partial charge >= 0.3 is 0 Å². The maximum atomic E-state index is 10.2. The quantitative estimate of drug-likeness (QED) is 0.678. The number of ether oxygens (including phenoxy) is 1. The summed E-state index contributed by atoms with van der Waals surface area (Å²) in [5.41, 5.74) is 2.21. The van der Waals surface area contributed by atoms with Crippen LogP contribution in [-0.4, -0.2) is 46.5 Å². The number of aliphatic hydroxyl groups excluding tert-OH is 1. The molecule has 0 spiro atoms. The van der Waals surface area contributed by atoms with Crippen LogP contribution in [0.1, 0.15) is 30.3 Å². The summed E-state index contributed by atoms with van der Waals surface area (Å²) >= 11 is 0. The Labute approximate surface area is 164 Å². The highest BCUT2D eigenvalue weighted by Crippen LogP contribution is 2.32. The first-order chi connectivity index (χ1) is 13.7. The molecule has 28 heavy (non-hydrogen) atoms. The van der Waals surface area contributed by atoms with Crippen LogP contribution < -0.4 is 4.74 Å². The van der Waals surface area contributed by atoms with Gasteiger partial charge in [-0.2, -0.15) is 4.98 Å². The Balaban J connectivity index is 1.42. The molecule has 6 heteroatoms. The van der Waals surface area contributed by atoms with Gasteiger partial charge in [0.2, 0.25) is 11.7 Å². The van der Waals surface area contributed by atoms with Gasteiger partial charge in [-0.1, -0.05) is 35.5 Å². The molecule has 4 rings (SSSR count). The van der Waals surface area contributed by atoms with Crippen molar-refractivity contribution in [3.63, 3.8) is 0 Å². The summed E-state index contributed by atoms with van der Waals surface area (Å²) in [6, 6.07) is 18.0. The van der Waals surface area contributed by atoms with Gasteiger partial charge in [0.05, 0.1) is 19.3 Å². The number of hydrogen-bond donors (Lipinski definition) is 1. The summed E-state index contributed by atoms with van der Waals surface area (Å²) in [6.07, 6.45) is 2.29. The third-order valence-electron chi connectivity index (χ3n) is 5.21. The Kier molecular flexibility index (Phi) is 5.69. The third-order valence-corrected chi connectivity index (χ3v) is 5.21. The van der Waals surface area contributed by atoms with E-state index < -0.39 is 0 Å². The van der Waals surface area contributed by atoms with Crippen molar-refractivity contribution in [2.45, 2.75) is 31.4 Å². The minimum absolute atomic E-state index is 0.0368. The minimum atomic E-state index is -0.363. The highest BCUT2D eigenvalue weighted by molar-refractivity contribution is 5.55. The third kappa shape index (κ3) is 4.24. The van der Waals surface area contributed by atoms with E-state index in [1.165, 1.54) is 5.56 Å². The van der Waals surface area contributed by atoms with E-state index >= 15 is 0 Å². The molecule has 1 fully saturated rings. The van der Waals surface area contributed by atoms with E-state index in [1.54, 1.807) is 7.11 Å². The fourth-order valence-corrected chi connectivity index (χ4v) is 3.74. The van der Waals surface area contributed by atoms with E-state index in [0.29, 0.717) is 24.7 Å². The van der Waals surface area contributed by atoms with Crippen LogP contribution in [0.2, 0.25) is 0 Å². The summed E-state index contributed by atoms with van der Waals surface area (Å²) in [5.74, 6) is 1.92. The molecule has 1 aromatic heterocycles. The van der Waals surface area contributed by atoms with Crippen LogP contribution in [0.5, 0.6) is 5.75 Å². The van der Waals surface area contributed by atoms with Crippen LogP contribution in [0.4, 0.5) is 0 Å². The molecule has 1 aliphatic rings. The van der Waals surface area contributed by atoms with E-state index in [2.05, 4.69) is 39.3 Å². The van der Waals surface area contributed by atoms with Gasteiger partial charge in [0.1, 0.15) is 5.75 Å². The minimum Gasteiger partial charge on any atom is -0.497 e. The molecular weight excluding hydrogens is 354 g/mol. The zero-order chi connectivity index (χ0) is 19.3. The number of aromatic nitrogens is 2. The lowest BCUT2D eigenvalue weighted by atomic mass is 10.1.